The highest BCUT2D eigenvalue weighted by Crippen LogP contribution is 2.25. The quantitative estimate of drug-likeness (QED) is 0.865. The van der Waals surface area contributed by atoms with Crippen LogP contribution in [0.3, 0.4) is 0 Å². The van der Waals surface area contributed by atoms with E-state index < -0.39 is 0 Å². The molecular formula is C18H17NO3. The predicted molar refractivity (Wildman–Crippen MR) is 81.2 cm³/mol. The maximum absolute atomic E-state index is 8.77. The molecule has 2 aromatic rings. The van der Waals surface area contributed by atoms with E-state index in [0.29, 0.717) is 12.2 Å². The molecule has 0 spiro atoms. The smallest absolute Gasteiger partial charge is 0.183 e. The van der Waals surface area contributed by atoms with Crippen molar-refractivity contribution in [2.24, 2.45) is 0 Å². The summed E-state index contributed by atoms with van der Waals surface area (Å²) in [6, 6.07) is 17.2. The molecule has 0 radical (unpaired) electrons. The molecule has 0 bridgehead atoms. The first kappa shape index (κ1) is 14.6. The molecule has 0 aromatic heterocycles. The van der Waals surface area contributed by atoms with E-state index in [-0.39, 0.29) is 6.29 Å². The zero-order chi connectivity index (χ0) is 15.2. The molecule has 1 aliphatic heterocycles. The Hall–Kier alpha value is -2.35. The van der Waals surface area contributed by atoms with Crippen LogP contribution in [0.1, 0.15) is 29.4 Å². The van der Waals surface area contributed by atoms with Gasteiger partial charge in [0.1, 0.15) is 12.4 Å². The molecule has 112 valence electrons. The van der Waals surface area contributed by atoms with Gasteiger partial charge in [-0.25, -0.2) is 0 Å². The average molecular weight is 295 g/mol. The molecule has 0 atom stereocenters. The summed E-state index contributed by atoms with van der Waals surface area (Å²) >= 11 is 0. The molecule has 1 heterocycles. The van der Waals surface area contributed by atoms with Gasteiger partial charge in [-0.2, -0.15) is 5.26 Å². The monoisotopic (exact) mass is 295 g/mol. The minimum atomic E-state index is -0.263. The van der Waals surface area contributed by atoms with Crippen LogP contribution in [0, 0.1) is 11.3 Å². The summed E-state index contributed by atoms with van der Waals surface area (Å²) in [5, 5.41) is 8.77. The Labute approximate surface area is 129 Å². The number of nitriles is 1. The molecule has 0 saturated carbocycles. The third-order valence-corrected chi connectivity index (χ3v) is 3.47. The Balaban J connectivity index is 1.57. The molecule has 22 heavy (non-hydrogen) atoms. The van der Waals surface area contributed by atoms with Crippen LogP contribution in [0.2, 0.25) is 0 Å². The third kappa shape index (κ3) is 3.64. The molecule has 0 N–H and O–H groups in total. The van der Waals surface area contributed by atoms with Crippen molar-refractivity contribution < 1.29 is 14.2 Å². The Bertz CT molecular complexity index is 638. The Kier molecular flexibility index (Phi) is 4.69. The fourth-order valence-electron chi connectivity index (χ4n) is 2.24. The van der Waals surface area contributed by atoms with Crippen LogP contribution in [0.15, 0.2) is 48.5 Å². The maximum atomic E-state index is 8.77. The van der Waals surface area contributed by atoms with Crippen molar-refractivity contribution in [1.29, 1.82) is 5.26 Å². The summed E-state index contributed by atoms with van der Waals surface area (Å²) < 4.78 is 16.9. The van der Waals surface area contributed by atoms with Crippen LogP contribution < -0.4 is 4.74 Å². The van der Waals surface area contributed by atoms with E-state index in [1.807, 2.05) is 36.4 Å². The molecule has 1 fully saturated rings. The number of ether oxygens (including phenoxy) is 3. The van der Waals surface area contributed by atoms with Gasteiger partial charge in [0.05, 0.1) is 24.8 Å². The molecule has 1 aliphatic rings. The highest BCUT2D eigenvalue weighted by atomic mass is 16.7. The van der Waals surface area contributed by atoms with Crippen LogP contribution >= 0.6 is 0 Å². The Morgan fingerprint density at radius 1 is 1.00 bits per heavy atom. The van der Waals surface area contributed by atoms with Crippen LogP contribution in [0.25, 0.3) is 0 Å². The van der Waals surface area contributed by atoms with Gasteiger partial charge in [0, 0.05) is 5.56 Å². The first-order chi connectivity index (χ1) is 10.8. The van der Waals surface area contributed by atoms with Gasteiger partial charge in [0.2, 0.25) is 0 Å². The number of hydrogen-bond donors (Lipinski definition) is 0. The zero-order valence-corrected chi connectivity index (χ0v) is 12.2. The first-order valence-corrected chi connectivity index (χ1v) is 7.30. The van der Waals surface area contributed by atoms with Crippen molar-refractivity contribution in [3.63, 3.8) is 0 Å². The van der Waals surface area contributed by atoms with E-state index in [1.165, 1.54) is 0 Å². The van der Waals surface area contributed by atoms with Gasteiger partial charge in [0.25, 0.3) is 0 Å². The molecule has 2 aromatic carbocycles. The van der Waals surface area contributed by atoms with E-state index in [1.54, 1.807) is 12.1 Å². The van der Waals surface area contributed by atoms with E-state index in [4.69, 9.17) is 19.5 Å². The summed E-state index contributed by atoms with van der Waals surface area (Å²) in [4.78, 5) is 0. The van der Waals surface area contributed by atoms with Gasteiger partial charge in [-0.3, -0.25) is 0 Å². The summed E-state index contributed by atoms with van der Waals surface area (Å²) in [5.41, 5.74) is 2.69. The SMILES string of the molecule is N#Cc1ccc(COc2ccc(C3OCCCO3)cc2)cc1. The second kappa shape index (κ2) is 7.08. The van der Waals surface area contributed by atoms with Gasteiger partial charge in [0.15, 0.2) is 6.29 Å². The second-order valence-electron chi connectivity index (χ2n) is 5.09. The lowest BCUT2D eigenvalue weighted by Crippen LogP contribution is -2.17. The number of nitrogens with zero attached hydrogens (tertiary/aromatic N) is 1. The van der Waals surface area contributed by atoms with Crippen molar-refractivity contribution >= 4 is 0 Å². The lowest BCUT2D eigenvalue weighted by Gasteiger charge is -2.23. The third-order valence-electron chi connectivity index (χ3n) is 3.47. The fourth-order valence-corrected chi connectivity index (χ4v) is 2.24. The van der Waals surface area contributed by atoms with Crippen molar-refractivity contribution in [3.05, 3.63) is 65.2 Å². The summed E-state index contributed by atoms with van der Waals surface area (Å²) in [7, 11) is 0. The standard InChI is InChI=1S/C18H17NO3/c19-12-14-2-4-15(5-3-14)13-22-17-8-6-16(7-9-17)18-20-10-1-11-21-18/h2-9,18H,1,10-11,13H2. The van der Waals surface area contributed by atoms with Crippen LogP contribution in [0.4, 0.5) is 0 Å². The van der Waals surface area contributed by atoms with Gasteiger partial charge in [-0.1, -0.05) is 24.3 Å². The van der Waals surface area contributed by atoms with Gasteiger partial charge in [-0.15, -0.1) is 0 Å². The fraction of sp³-hybridized carbons (Fsp3) is 0.278. The number of benzene rings is 2. The normalized spacial score (nSPS) is 15.2. The molecule has 4 nitrogen and oxygen atoms in total. The van der Waals surface area contributed by atoms with Crippen LogP contribution in [0.5, 0.6) is 5.75 Å². The minimum absolute atomic E-state index is 0.263. The maximum Gasteiger partial charge on any atom is 0.183 e. The molecule has 0 amide bonds. The van der Waals surface area contributed by atoms with E-state index in [9.17, 15) is 0 Å². The molecule has 0 unspecified atom stereocenters. The number of hydrogen-bond acceptors (Lipinski definition) is 4. The van der Waals surface area contributed by atoms with Crippen molar-refractivity contribution in [3.8, 4) is 11.8 Å². The summed E-state index contributed by atoms with van der Waals surface area (Å²) in [5.74, 6) is 0.795. The largest absolute Gasteiger partial charge is 0.489 e. The Morgan fingerprint density at radius 3 is 2.32 bits per heavy atom. The topological polar surface area (TPSA) is 51.5 Å². The van der Waals surface area contributed by atoms with E-state index >= 15 is 0 Å². The van der Waals surface area contributed by atoms with Crippen LogP contribution in [-0.4, -0.2) is 13.2 Å². The molecule has 0 aliphatic carbocycles. The van der Waals surface area contributed by atoms with Crippen LogP contribution in [-0.2, 0) is 16.1 Å². The highest BCUT2D eigenvalue weighted by molar-refractivity contribution is 5.32. The van der Waals surface area contributed by atoms with Crippen molar-refractivity contribution in [2.75, 3.05) is 13.2 Å². The molecular weight excluding hydrogens is 278 g/mol. The summed E-state index contributed by atoms with van der Waals surface area (Å²) in [6.07, 6.45) is 0.684. The minimum Gasteiger partial charge on any atom is -0.489 e. The molecule has 1 saturated heterocycles. The van der Waals surface area contributed by atoms with Crippen molar-refractivity contribution in [2.45, 2.75) is 19.3 Å². The Morgan fingerprint density at radius 2 is 1.68 bits per heavy atom. The van der Waals surface area contributed by atoms with Gasteiger partial charge in [-0.05, 0) is 36.2 Å². The second-order valence-corrected chi connectivity index (χ2v) is 5.09. The average Bonchev–Trinajstić information content (AvgIpc) is 2.61. The van der Waals surface area contributed by atoms with E-state index in [2.05, 4.69) is 6.07 Å². The van der Waals surface area contributed by atoms with E-state index in [0.717, 1.165) is 36.5 Å². The van der Waals surface area contributed by atoms with Crippen molar-refractivity contribution in [1.82, 2.24) is 0 Å². The number of rotatable bonds is 4. The molecule has 3 rings (SSSR count). The van der Waals surface area contributed by atoms with Gasteiger partial charge < -0.3 is 14.2 Å². The lowest BCUT2D eigenvalue weighted by atomic mass is 10.1. The van der Waals surface area contributed by atoms with Gasteiger partial charge >= 0.3 is 0 Å². The first-order valence-electron chi connectivity index (χ1n) is 7.30. The highest BCUT2D eigenvalue weighted by Gasteiger charge is 2.16. The predicted octanol–water partition coefficient (Wildman–Crippen LogP) is 3.57. The summed E-state index contributed by atoms with van der Waals surface area (Å²) in [6.45, 7) is 1.95. The lowest BCUT2D eigenvalue weighted by molar-refractivity contribution is -0.183. The molecule has 4 heteroatoms. The zero-order valence-electron chi connectivity index (χ0n) is 12.2.